The van der Waals surface area contributed by atoms with Crippen LogP contribution in [0.3, 0.4) is 0 Å². The Morgan fingerprint density at radius 2 is 2.17 bits per heavy atom. The molecule has 23 heavy (non-hydrogen) atoms. The van der Waals surface area contributed by atoms with Crippen LogP contribution in [0.1, 0.15) is 38.8 Å². The summed E-state index contributed by atoms with van der Waals surface area (Å²) in [7, 11) is 0. The number of nitrogens with zero attached hydrogens (tertiary/aromatic N) is 3. The number of ether oxygens (including phenoxy) is 1. The summed E-state index contributed by atoms with van der Waals surface area (Å²) >= 11 is 1.64. The van der Waals surface area contributed by atoms with Gasteiger partial charge in [0.1, 0.15) is 0 Å². The van der Waals surface area contributed by atoms with Crippen molar-refractivity contribution in [2.45, 2.75) is 39.7 Å². The van der Waals surface area contributed by atoms with E-state index in [9.17, 15) is 0 Å². The van der Waals surface area contributed by atoms with Gasteiger partial charge in [0.25, 0.3) is 0 Å². The number of unbranched alkanes of at least 4 members (excludes halogenated alkanes) is 1. The molecule has 0 radical (unpaired) electrons. The Labute approximate surface area is 142 Å². The van der Waals surface area contributed by atoms with Gasteiger partial charge in [-0.1, -0.05) is 13.3 Å². The van der Waals surface area contributed by atoms with Crippen molar-refractivity contribution in [1.29, 1.82) is 0 Å². The van der Waals surface area contributed by atoms with Gasteiger partial charge in [-0.3, -0.25) is 4.40 Å². The van der Waals surface area contributed by atoms with E-state index in [0.717, 1.165) is 55.8 Å². The molecule has 128 valence electrons. The second-order valence-corrected chi connectivity index (χ2v) is 6.14. The van der Waals surface area contributed by atoms with Crippen LogP contribution in [0.5, 0.6) is 0 Å². The van der Waals surface area contributed by atoms with E-state index in [1.165, 1.54) is 6.42 Å². The van der Waals surface area contributed by atoms with Gasteiger partial charge in [-0.2, -0.15) is 0 Å². The Balaban J connectivity index is 1.72. The smallest absolute Gasteiger partial charge is 0.193 e. The summed E-state index contributed by atoms with van der Waals surface area (Å²) in [5.74, 6) is 0.831. The van der Waals surface area contributed by atoms with Crippen molar-refractivity contribution in [2.75, 3.05) is 26.3 Å². The van der Waals surface area contributed by atoms with Gasteiger partial charge in [0.2, 0.25) is 0 Å². The van der Waals surface area contributed by atoms with Crippen molar-refractivity contribution in [3.63, 3.8) is 0 Å². The predicted octanol–water partition coefficient (Wildman–Crippen LogP) is 2.66. The largest absolute Gasteiger partial charge is 0.381 e. The topological polar surface area (TPSA) is 63.0 Å². The first-order valence-electron chi connectivity index (χ1n) is 8.34. The van der Waals surface area contributed by atoms with E-state index in [0.29, 0.717) is 6.54 Å². The molecule has 6 nitrogen and oxygen atoms in total. The number of imidazole rings is 1. The number of nitrogens with one attached hydrogen (secondary N) is 2. The highest BCUT2D eigenvalue weighted by Crippen LogP contribution is 2.11. The van der Waals surface area contributed by atoms with E-state index >= 15 is 0 Å². The number of aromatic nitrogens is 2. The molecule has 0 bridgehead atoms. The summed E-state index contributed by atoms with van der Waals surface area (Å²) in [4.78, 5) is 10.1. The molecule has 2 rings (SSSR count). The van der Waals surface area contributed by atoms with Crippen LogP contribution in [0.4, 0.5) is 0 Å². The molecule has 0 aliphatic rings. The van der Waals surface area contributed by atoms with E-state index in [1.54, 1.807) is 11.3 Å². The normalized spacial score (nSPS) is 12.0. The molecule has 0 atom stereocenters. The van der Waals surface area contributed by atoms with Crippen LogP contribution in [-0.4, -0.2) is 41.6 Å². The van der Waals surface area contributed by atoms with Gasteiger partial charge >= 0.3 is 0 Å². The van der Waals surface area contributed by atoms with Crippen LogP contribution in [0.25, 0.3) is 4.96 Å². The fraction of sp³-hybridized carbons (Fsp3) is 0.625. The predicted molar refractivity (Wildman–Crippen MR) is 96.2 cm³/mol. The van der Waals surface area contributed by atoms with Crippen molar-refractivity contribution >= 4 is 22.3 Å². The Hall–Kier alpha value is -1.60. The Bertz CT molecular complexity index is 564. The lowest BCUT2D eigenvalue weighted by atomic mass is 10.4. The van der Waals surface area contributed by atoms with Gasteiger partial charge in [-0.25, -0.2) is 9.98 Å². The molecule has 0 amide bonds. The van der Waals surface area contributed by atoms with Crippen molar-refractivity contribution in [1.82, 2.24) is 20.0 Å². The Morgan fingerprint density at radius 1 is 1.30 bits per heavy atom. The third-order valence-corrected chi connectivity index (χ3v) is 4.06. The summed E-state index contributed by atoms with van der Waals surface area (Å²) in [6.45, 7) is 8.18. The Kier molecular flexibility index (Phi) is 7.89. The number of fused-ring (bicyclic) bond motifs is 1. The highest BCUT2D eigenvalue weighted by molar-refractivity contribution is 7.15. The SMILES string of the molecule is CCCCOCCCNC(=NCc1cn2ccsc2n1)NCC. The zero-order valence-electron chi connectivity index (χ0n) is 14.0. The second-order valence-electron chi connectivity index (χ2n) is 5.27. The van der Waals surface area contributed by atoms with Gasteiger partial charge < -0.3 is 15.4 Å². The molecule has 0 unspecified atom stereocenters. The zero-order chi connectivity index (χ0) is 16.3. The van der Waals surface area contributed by atoms with Crippen molar-refractivity contribution in [2.24, 2.45) is 4.99 Å². The van der Waals surface area contributed by atoms with Crippen LogP contribution in [0, 0.1) is 0 Å². The van der Waals surface area contributed by atoms with Crippen LogP contribution < -0.4 is 10.6 Å². The summed E-state index contributed by atoms with van der Waals surface area (Å²) in [5, 5.41) is 8.63. The molecule has 2 heterocycles. The van der Waals surface area contributed by atoms with Crippen LogP contribution in [0.2, 0.25) is 0 Å². The number of rotatable bonds is 10. The zero-order valence-corrected chi connectivity index (χ0v) is 14.9. The summed E-state index contributed by atoms with van der Waals surface area (Å²) in [6, 6.07) is 0. The highest BCUT2D eigenvalue weighted by Gasteiger charge is 2.02. The maximum atomic E-state index is 5.56. The monoisotopic (exact) mass is 337 g/mol. The molecule has 0 spiro atoms. The third kappa shape index (κ3) is 6.19. The van der Waals surface area contributed by atoms with E-state index in [2.05, 4.69) is 34.5 Å². The maximum Gasteiger partial charge on any atom is 0.193 e. The molecule has 0 saturated carbocycles. The molecule has 7 heteroatoms. The molecule has 0 saturated heterocycles. The standard InChI is InChI=1S/C16H27N5OS/c1-3-5-9-22-10-6-7-18-15(17-4-2)19-12-14-13-21-8-11-23-16(21)20-14/h8,11,13H,3-7,9-10,12H2,1-2H3,(H2,17,18,19). The van der Waals surface area contributed by atoms with Gasteiger partial charge in [0.15, 0.2) is 10.9 Å². The fourth-order valence-corrected chi connectivity index (χ4v) is 2.80. The summed E-state index contributed by atoms with van der Waals surface area (Å²) < 4.78 is 7.59. The molecule has 0 aliphatic heterocycles. The van der Waals surface area contributed by atoms with Crippen LogP contribution in [-0.2, 0) is 11.3 Å². The van der Waals surface area contributed by atoms with E-state index in [1.807, 2.05) is 22.2 Å². The van der Waals surface area contributed by atoms with Gasteiger partial charge in [-0.05, 0) is 19.8 Å². The number of aliphatic imine (C=N–C) groups is 1. The second kappa shape index (κ2) is 10.2. The third-order valence-electron chi connectivity index (χ3n) is 3.29. The molecular weight excluding hydrogens is 310 g/mol. The first-order chi connectivity index (χ1) is 11.3. The lowest BCUT2D eigenvalue weighted by Crippen LogP contribution is -2.38. The minimum absolute atomic E-state index is 0.580. The molecule has 2 aromatic rings. The fourth-order valence-electron chi connectivity index (χ4n) is 2.08. The van der Waals surface area contributed by atoms with Crippen LogP contribution >= 0.6 is 11.3 Å². The lowest BCUT2D eigenvalue weighted by Gasteiger charge is -2.11. The van der Waals surface area contributed by atoms with E-state index in [4.69, 9.17) is 4.74 Å². The van der Waals surface area contributed by atoms with Crippen molar-refractivity contribution in [3.05, 3.63) is 23.5 Å². The number of guanidine groups is 1. The molecule has 2 aromatic heterocycles. The highest BCUT2D eigenvalue weighted by atomic mass is 32.1. The molecule has 0 fully saturated rings. The van der Waals surface area contributed by atoms with Gasteiger partial charge in [0, 0.05) is 44.1 Å². The first-order valence-corrected chi connectivity index (χ1v) is 9.22. The van der Waals surface area contributed by atoms with Gasteiger partial charge in [-0.15, -0.1) is 11.3 Å². The number of hydrogen-bond donors (Lipinski definition) is 2. The van der Waals surface area contributed by atoms with Crippen molar-refractivity contribution in [3.8, 4) is 0 Å². The first kappa shape index (κ1) is 17.7. The minimum Gasteiger partial charge on any atom is -0.381 e. The minimum atomic E-state index is 0.580. The maximum absolute atomic E-state index is 5.56. The summed E-state index contributed by atoms with van der Waals surface area (Å²) in [6.07, 6.45) is 7.35. The van der Waals surface area contributed by atoms with Gasteiger partial charge in [0.05, 0.1) is 12.2 Å². The average Bonchev–Trinajstić information content (AvgIpc) is 3.13. The average molecular weight is 337 g/mol. The summed E-state index contributed by atoms with van der Waals surface area (Å²) in [5.41, 5.74) is 0.983. The van der Waals surface area contributed by atoms with E-state index in [-0.39, 0.29) is 0 Å². The van der Waals surface area contributed by atoms with Crippen molar-refractivity contribution < 1.29 is 4.74 Å². The molecule has 0 aromatic carbocycles. The molecule has 2 N–H and O–H groups in total. The number of thiazole rings is 1. The molecular formula is C16H27N5OS. The number of hydrogen-bond acceptors (Lipinski definition) is 4. The lowest BCUT2D eigenvalue weighted by molar-refractivity contribution is 0.129. The molecule has 0 aliphatic carbocycles. The quantitative estimate of drug-likeness (QED) is 0.397. The van der Waals surface area contributed by atoms with Crippen LogP contribution in [0.15, 0.2) is 22.8 Å². The van der Waals surface area contributed by atoms with E-state index < -0.39 is 0 Å². The Morgan fingerprint density at radius 3 is 2.96 bits per heavy atom.